The van der Waals surface area contributed by atoms with E-state index in [9.17, 15) is 9.18 Å². The summed E-state index contributed by atoms with van der Waals surface area (Å²) >= 11 is 3.28. The monoisotopic (exact) mass is 339 g/mol. The summed E-state index contributed by atoms with van der Waals surface area (Å²) in [5.74, 6) is -0.572. The molecule has 0 fully saturated rings. The molecule has 0 amide bonds. The molecule has 0 aliphatic heterocycles. The van der Waals surface area contributed by atoms with Crippen LogP contribution < -0.4 is 5.32 Å². The maximum Gasteiger partial charge on any atom is 0.376 e. The zero-order valence-electron chi connectivity index (χ0n) is 10.6. The van der Waals surface area contributed by atoms with Gasteiger partial charge in [-0.25, -0.2) is 19.2 Å². The van der Waals surface area contributed by atoms with Crippen molar-refractivity contribution in [2.24, 2.45) is 0 Å². The molecule has 0 spiro atoms. The number of benzene rings is 1. The fraction of sp³-hybridized carbons (Fsp3) is 0.154. The number of anilines is 1. The Balaban J connectivity index is 2.11. The van der Waals surface area contributed by atoms with Gasteiger partial charge in [-0.1, -0.05) is 15.9 Å². The summed E-state index contributed by atoms with van der Waals surface area (Å²) in [6.45, 7) is 0.239. The van der Waals surface area contributed by atoms with Crippen LogP contribution in [0.1, 0.15) is 16.2 Å². The van der Waals surface area contributed by atoms with Crippen molar-refractivity contribution in [3.63, 3.8) is 0 Å². The molecule has 104 valence electrons. The van der Waals surface area contributed by atoms with Gasteiger partial charge >= 0.3 is 5.97 Å². The lowest BCUT2D eigenvalue weighted by molar-refractivity contribution is 0.0587. The molecule has 1 heterocycles. The third-order valence-electron chi connectivity index (χ3n) is 2.49. The predicted octanol–water partition coefficient (Wildman–Crippen LogP) is 2.78. The number of carbonyl (C=O) groups is 1. The Kier molecular flexibility index (Phi) is 4.62. The van der Waals surface area contributed by atoms with Crippen LogP contribution >= 0.6 is 15.9 Å². The van der Waals surface area contributed by atoms with Crippen LogP contribution in [0.3, 0.4) is 0 Å². The minimum atomic E-state index is -0.623. The molecule has 7 heteroatoms. The Hall–Kier alpha value is -2.02. The van der Waals surface area contributed by atoms with Crippen molar-refractivity contribution in [1.29, 1.82) is 0 Å². The number of nitrogens with one attached hydrogen (secondary N) is 1. The molecular weight excluding hydrogens is 329 g/mol. The number of esters is 1. The highest BCUT2D eigenvalue weighted by Gasteiger charge is 2.10. The Labute approximate surface area is 123 Å². The van der Waals surface area contributed by atoms with Crippen molar-refractivity contribution in [3.05, 3.63) is 52.1 Å². The standard InChI is InChI=1S/C13H11BrFN3O2/c1-20-13(19)12-16-5-4-11(18-12)17-7-8-6-9(14)2-3-10(8)15/h2-6H,7H2,1H3,(H,16,17,18). The molecule has 1 N–H and O–H groups in total. The Morgan fingerprint density at radius 1 is 1.45 bits per heavy atom. The fourth-order valence-electron chi connectivity index (χ4n) is 1.51. The van der Waals surface area contributed by atoms with Crippen LogP contribution in [-0.4, -0.2) is 23.0 Å². The number of hydrogen-bond donors (Lipinski definition) is 1. The van der Waals surface area contributed by atoms with E-state index in [0.717, 1.165) is 4.47 Å². The molecule has 2 rings (SSSR count). The van der Waals surface area contributed by atoms with Gasteiger partial charge in [0.1, 0.15) is 11.6 Å². The number of nitrogens with zero attached hydrogens (tertiary/aromatic N) is 2. The van der Waals surface area contributed by atoms with E-state index in [2.05, 4.69) is 36.0 Å². The van der Waals surface area contributed by atoms with Crippen LogP contribution in [0.25, 0.3) is 0 Å². The number of methoxy groups -OCH3 is 1. The fourth-order valence-corrected chi connectivity index (χ4v) is 1.92. The molecule has 0 atom stereocenters. The Morgan fingerprint density at radius 2 is 2.25 bits per heavy atom. The van der Waals surface area contributed by atoms with Crippen LogP contribution in [0.5, 0.6) is 0 Å². The maximum atomic E-state index is 13.6. The molecule has 0 aliphatic rings. The molecule has 1 aromatic carbocycles. The summed E-state index contributed by atoms with van der Waals surface area (Å²) in [6.07, 6.45) is 1.43. The zero-order chi connectivity index (χ0) is 14.5. The summed E-state index contributed by atoms with van der Waals surface area (Å²) in [5.41, 5.74) is 0.484. The van der Waals surface area contributed by atoms with Crippen molar-refractivity contribution < 1.29 is 13.9 Å². The summed E-state index contributed by atoms with van der Waals surface area (Å²) in [6, 6.07) is 6.26. The zero-order valence-corrected chi connectivity index (χ0v) is 12.1. The van der Waals surface area contributed by atoms with Crippen molar-refractivity contribution in [2.75, 3.05) is 12.4 Å². The van der Waals surface area contributed by atoms with Crippen LogP contribution in [0, 0.1) is 5.82 Å². The third-order valence-corrected chi connectivity index (χ3v) is 2.98. The summed E-state index contributed by atoms with van der Waals surface area (Å²) < 4.78 is 18.9. The first-order chi connectivity index (χ1) is 9.60. The normalized spacial score (nSPS) is 10.2. The van der Waals surface area contributed by atoms with Crippen LogP contribution in [0.2, 0.25) is 0 Å². The molecule has 20 heavy (non-hydrogen) atoms. The van der Waals surface area contributed by atoms with Gasteiger partial charge in [-0.15, -0.1) is 0 Å². The SMILES string of the molecule is COC(=O)c1nccc(NCc2cc(Br)ccc2F)n1. The highest BCUT2D eigenvalue weighted by Crippen LogP contribution is 2.16. The number of aromatic nitrogens is 2. The van der Waals surface area contributed by atoms with Crippen molar-refractivity contribution in [1.82, 2.24) is 9.97 Å². The lowest BCUT2D eigenvalue weighted by Gasteiger charge is -2.07. The molecule has 0 bridgehead atoms. The van der Waals surface area contributed by atoms with E-state index in [1.807, 2.05) is 0 Å². The van der Waals surface area contributed by atoms with Gasteiger partial charge in [0.15, 0.2) is 0 Å². The molecule has 0 unspecified atom stereocenters. The minimum absolute atomic E-state index is 0.0489. The quantitative estimate of drug-likeness (QED) is 0.867. The first-order valence-corrected chi connectivity index (χ1v) is 6.48. The van der Waals surface area contributed by atoms with E-state index in [4.69, 9.17) is 0 Å². The van der Waals surface area contributed by atoms with Gasteiger partial charge in [0.25, 0.3) is 0 Å². The van der Waals surface area contributed by atoms with Gasteiger partial charge in [-0.2, -0.15) is 0 Å². The second-order valence-electron chi connectivity index (χ2n) is 3.85. The maximum absolute atomic E-state index is 13.6. The van der Waals surface area contributed by atoms with E-state index < -0.39 is 5.97 Å². The second kappa shape index (κ2) is 6.42. The molecule has 2 aromatic rings. The van der Waals surface area contributed by atoms with Gasteiger partial charge in [0.05, 0.1) is 7.11 Å². The summed E-state index contributed by atoms with van der Waals surface area (Å²) in [5, 5.41) is 2.93. The smallest absolute Gasteiger partial charge is 0.376 e. The first kappa shape index (κ1) is 14.4. The number of halogens is 2. The van der Waals surface area contributed by atoms with Crippen LogP contribution in [-0.2, 0) is 11.3 Å². The van der Waals surface area contributed by atoms with Gasteiger partial charge in [0.2, 0.25) is 5.82 Å². The molecule has 1 aromatic heterocycles. The molecule has 0 aliphatic carbocycles. The second-order valence-corrected chi connectivity index (χ2v) is 4.76. The van der Waals surface area contributed by atoms with E-state index in [1.54, 1.807) is 18.2 Å². The predicted molar refractivity (Wildman–Crippen MR) is 74.8 cm³/mol. The molecular formula is C13H11BrFN3O2. The first-order valence-electron chi connectivity index (χ1n) is 5.69. The van der Waals surface area contributed by atoms with Crippen molar-refractivity contribution in [3.8, 4) is 0 Å². The lowest BCUT2D eigenvalue weighted by Crippen LogP contribution is -2.10. The number of hydrogen-bond acceptors (Lipinski definition) is 5. The molecule has 0 saturated carbocycles. The van der Waals surface area contributed by atoms with E-state index in [0.29, 0.717) is 11.4 Å². The topological polar surface area (TPSA) is 64.1 Å². The number of carbonyl (C=O) groups excluding carboxylic acids is 1. The van der Waals surface area contributed by atoms with Crippen molar-refractivity contribution >= 4 is 27.7 Å². The Morgan fingerprint density at radius 3 is 3.00 bits per heavy atom. The summed E-state index contributed by atoms with van der Waals surface area (Å²) in [7, 11) is 1.25. The number of rotatable bonds is 4. The average molecular weight is 340 g/mol. The van der Waals surface area contributed by atoms with Gasteiger partial charge in [-0.3, -0.25) is 0 Å². The molecule has 0 radical (unpaired) electrons. The largest absolute Gasteiger partial charge is 0.463 e. The minimum Gasteiger partial charge on any atom is -0.463 e. The number of ether oxygens (including phenoxy) is 1. The highest BCUT2D eigenvalue weighted by molar-refractivity contribution is 9.10. The Bertz CT molecular complexity index is 637. The molecule has 0 saturated heterocycles. The van der Waals surface area contributed by atoms with Gasteiger partial charge < -0.3 is 10.1 Å². The van der Waals surface area contributed by atoms with E-state index in [-0.39, 0.29) is 18.2 Å². The molecule has 5 nitrogen and oxygen atoms in total. The highest BCUT2D eigenvalue weighted by atomic mass is 79.9. The third kappa shape index (κ3) is 3.51. The average Bonchev–Trinajstić information content (AvgIpc) is 2.47. The van der Waals surface area contributed by atoms with Gasteiger partial charge in [0, 0.05) is 22.8 Å². The van der Waals surface area contributed by atoms with Gasteiger partial charge in [-0.05, 0) is 24.3 Å². The van der Waals surface area contributed by atoms with E-state index >= 15 is 0 Å². The van der Waals surface area contributed by atoms with E-state index in [1.165, 1.54) is 19.4 Å². The van der Waals surface area contributed by atoms with Crippen LogP contribution in [0.15, 0.2) is 34.9 Å². The van der Waals surface area contributed by atoms with Crippen LogP contribution in [0.4, 0.5) is 10.2 Å². The summed E-state index contributed by atoms with van der Waals surface area (Å²) in [4.78, 5) is 19.1. The lowest BCUT2D eigenvalue weighted by atomic mass is 10.2. The van der Waals surface area contributed by atoms with Crippen molar-refractivity contribution in [2.45, 2.75) is 6.54 Å².